The van der Waals surface area contributed by atoms with E-state index in [4.69, 9.17) is 4.74 Å². The Morgan fingerprint density at radius 1 is 0.821 bits per heavy atom. The van der Waals surface area contributed by atoms with Crippen LogP contribution in [0.15, 0.2) is 89.9 Å². The Kier molecular flexibility index (Phi) is 7.23. The Labute approximate surface area is 223 Å². The summed E-state index contributed by atoms with van der Waals surface area (Å²) >= 11 is 0. The first kappa shape index (κ1) is 25.8. The number of hydrogen-bond donors (Lipinski definition) is 0. The summed E-state index contributed by atoms with van der Waals surface area (Å²) < 4.78 is 34.5. The zero-order chi connectivity index (χ0) is 27.5. The van der Waals surface area contributed by atoms with Crippen LogP contribution in [0.5, 0.6) is 5.75 Å². The molecule has 4 aromatic rings. The van der Waals surface area contributed by atoms with Gasteiger partial charge in [-0.05, 0) is 47.9 Å². The van der Waals surface area contributed by atoms with Gasteiger partial charge >= 0.3 is 0 Å². The molecule has 1 aliphatic heterocycles. The Morgan fingerprint density at radius 3 is 2.00 bits per heavy atom. The molecule has 9 heteroatoms. The van der Waals surface area contributed by atoms with Gasteiger partial charge in [-0.25, -0.2) is 8.78 Å². The highest BCUT2D eigenvalue weighted by atomic mass is 19.1. The van der Waals surface area contributed by atoms with Gasteiger partial charge in [-0.3, -0.25) is 24.1 Å². The van der Waals surface area contributed by atoms with E-state index in [0.29, 0.717) is 5.56 Å². The molecule has 5 rings (SSSR count). The maximum absolute atomic E-state index is 13.8. The lowest BCUT2D eigenvalue weighted by Crippen LogP contribution is -2.54. The van der Waals surface area contributed by atoms with Crippen molar-refractivity contribution >= 4 is 11.7 Å². The van der Waals surface area contributed by atoms with Crippen molar-refractivity contribution in [2.75, 3.05) is 11.7 Å². The van der Waals surface area contributed by atoms with Crippen LogP contribution < -0.4 is 15.2 Å². The van der Waals surface area contributed by atoms with Gasteiger partial charge in [0.25, 0.3) is 5.91 Å². The molecular weight excluding hydrogens is 504 g/mol. The number of nitrogens with zero attached hydrogens (tertiary/aromatic N) is 3. The third-order valence-electron chi connectivity index (χ3n) is 6.45. The van der Waals surface area contributed by atoms with Crippen molar-refractivity contribution in [2.45, 2.75) is 26.6 Å². The second-order valence-electron chi connectivity index (χ2n) is 9.29. The van der Waals surface area contributed by atoms with Gasteiger partial charge in [-0.15, -0.1) is 0 Å². The van der Waals surface area contributed by atoms with Crippen molar-refractivity contribution in [3.63, 3.8) is 0 Å². The van der Waals surface area contributed by atoms with Gasteiger partial charge in [0.15, 0.2) is 17.2 Å². The zero-order valence-electron chi connectivity index (χ0n) is 21.1. The van der Waals surface area contributed by atoms with E-state index in [1.54, 1.807) is 29.3 Å². The summed E-state index contributed by atoms with van der Waals surface area (Å²) in [5.41, 5.74) is 1.38. The number of carbonyl (C=O) groups is 2. The molecule has 2 heterocycles. The summed E-state index contributed by atoms with van der Waals surface area (Å²) in [7, 11) is 0. The SMILES string of the molecule is CC(=O)c1cn2c(c(OCc3ccccc3)c1=O)C(=O)N(Cc1ccc(F)cc1)CN2Cc1ccc(F)cc1. The fraction of sp³-hybridized carbons (Fsp3) is 0.167. The minimum Gasteiger partial charge on any atom is -0.482 e. The first-order chi connectivity index (χ1) is 18.8. The lowest BCUT2D eigenvalue weighted by Gasteiger charge is -2.40. The number of benzene rings is 3. The normalized spacial score (nSPS) is 12.8. The standard InChI is InChI=1S/C30H25F2N3O4/c1-20(36)26-17-35-27(29(28(26)37)39-18-23-5-3-2-4-6-23)30(38)33(15-21-7-11-24(31)12-8-21)19-34(35)16-22-9-13-25(32)14-10-22/h2-14,17H,15-16,18-19H2,1H3. The molecule has 0 aliphatic carbocycles. The average Bonchev–Trinajstić information content (AvgIpc) is 2.93. The predicted molar refractivity (Wildman–Crippen MR) is 141 cm³/mol. The lowest BCUT2D eigenvalue weighted by molar-refractivity contribution is 0.0666. The molecule has 0 N–H and O–H groups in total. The number of aromatic nitrogens is 1. The van der Waals surface area contributed by atoms with Gasteiger partial charge in [0.05, 0.1) is 12.1 Å². The summed E-state index contributed by atoms with van der Waals surface area (Å²) in [5, 5.41) is 1.76. The maximum atomic E-state index is 13.8. The number of fused-ring (bicyclic) bond motifs is 1. The fourth-order valence-electron chi connectivity index (χ4n) is 4.45. The van der Waals surface area contributed by atoms with Crippen LogP contribution in [-0.2, 0) is 19.7 Å². The van der Waals surface area contributed by atoms with Gasteiger partial charge in [0.2, 0.25) is 5.43 Å². The van der Waals surface area contributed by atoms with Crippen LogP contribution in [0.1, 0.15) is 44.5 Å². The summed E-state index contributed by atoms with van der Waals surface area (Å²) in [5.74, 6) is -1.96. The molecule has 0 saturated heterocycles. The smallest absolute Gasteiger partial charge is 0.278 e. The first-order valence-electron chi connectivity index (χ1n) is 12.3. The maximum Gasteiger partial charge on any atom is 0.278 e. The van der Waals surface area contributed by atoms with Gasteiger partial charge in [-0.1, -0.05) is 54.6 Å². The Morgan fingerprint density at radius 2 is 1.41 bits per heavy atom. The molecule has 3 aromatic carbocycles. The second kappa shape index (κ2) is 10.9. The number of carbonyl (C=O) groups excluding carboxylic acids is 2. The summed E-state index contributed by atoms with van der Waals surface area (Å²) in [4.78, 5) is 41.2. The molecule has 1 aliphatic rings. The minimum atomic E-state index is -0.677. The second-order valence-corrected chi connectivity index (χ2v) is 9.29. The van der Waals surface area contributed by atoms with Gasteiger partial charge in [-0.2, -0.15) is 0 Å². The Balaban J connectivity index is 1.61. The molecule has 0 bridgehead atoms. The molecule has 0 atom stereocenters. The van der Waals surface area contributed by atoms with E-state index in [2.05, 4.69) is 0 Å². The predicted octanol–water partition coefficient (Wildman–Crippen LogP) is 4.66. The van der Waals surface area contributed by atoms with Crippen LogP contribution in [0.2, 0.25) is 0 Å². The average molecular weight is 530 g/mol. The molecule has 1 aromatic heterocycles. The molecule has 0 spiro atoms. The largest absolute Gasteiger partial charge is 0.482 e. The number of ether oxygens (including phenoxy) is 1. The van der Waals surface area contributed by atoms with Crippen LogP contribution in [0.4, 0.5) is 8.78 Å². The van der Waals surface area contributed by atoms with Crippen molar-refractivity contribution in [3.05, 3.63) is 135 Å². The molecule has 0 fully saturated rings. The monoisotopic (exact) mass is 529 g/mol. The number of rotatable bonds is 8. The van der Waals surface area contributed by atoms with E-state index in [1.807, 2.05) is 30.3 Å². The van der Waals surface area contributed by atoms with Crippen molar-refractivity contribution < 1.29 is 23.1 Å². The molecule has 39 heavy (non-hydrogen) atoms. The van der Waals surface area contributed by atoms with Crippen molar-refractivity contribution in [3.8, 4) is 5.75 Å². The minimum absolute atomic E-state index is 0.00758. The van der Waals surface area contributed by atoms with Crippen molar-refractivity contribution in [2.24, 2.45) is 0 Å². The lowest BCUT2D eigenvalue weighted by atomic mass is 10.1. The quantitative estimate of drug-likeness (QED) is 0.311. The van der Waals surface area contributed by atoms with Crippen molar-refractivity contribution in [1.82, 2.24) is 9.58 Å². The van der Waals surface area contributed by atoms with Crippen LogP contribution in [0.25, 0.3) is 0 Å². The Hall–Kier alpha value is -4.79. The van der Waals surface area contributed by atoms with Crippen LogP contribution >= 0.6 is 0 Å². The van der Waals surface area contributed by atoms with E-state index in [-0.39, 0.29) is 49.2 Å². The van der Waals surface area contributed by atoms with Crippen LogP contribution in [-0.4, -0.2) is 27.9 Å². The summed E-state index contributed by atoms with van der Waals surface area (Å²) in [6.07, 6.45) is 1.35. The molecule has 198 valence electrons. The molecule has 1 amide bonds. The molecule has 0 unspecified atom stereocenters. The first-order valence-corrected chi connectivity index (χ1v) is 12.3. The van der Waals surface area contributed by atoms with E-state index in [9.17, 15) is 23.2 Å². The van der Waals surface area contributed by atoms with E-state index in [0.717, 1.165) is 11.1 Å². The van der Waals surface area contributed by atoms with Crippen LogP contribution in [0.3, 0.4) is 0 Å². The van der Waals surface area contributed by atoms with E-state index >= 15 is 0 Å². The third-order valence-corrected chi connectivity index (χ3v) is 6.45. The number of halogens is 2. The van der Waals surface area contributed by atoms with Gasteiger partial charge in [0.1, 0.15) is 24.9 Å². The third kappa shape index (κ3) is 5.57. The van der Waals surface area contributed by atoms with Crippen molar-refractivity contribution in [1.29, 1.82) is 0 Å². The van der Waals surface area contributed by atoms with Gasteiger partial charge < -0.3 is 9.64 Å². The van der Waals surface area contributed by atoms with E-state index in [1.165, 1.54) is 47.0 Å². The number of amides is 1. The highest BCUT2D eigenvalue weighted by Gasteiger charge is 2.35. The summed E-state index contributed by atoms with van der Waals surface area (Å²) in [6.45, 7) is 1.74. The highest BCUT2D eigenvalue weighted by molar-refractivity contribution is 5.99. The molecular formula is C30H25F2N3O4. The topological polar surface area (TPSA) is 71.8 Å². The number of hydrogen-bond acceptors (Lipinski definition) is 5. The highest BCUT2D eigenvalue weighted by Crippen LogP contribution is 2.26. The molecule has 7 nitrogen and oxygen atoms in total. The molecule has 0 radical (unpaired) electrons. The molecule has 0 saturated carbocycles. The number of pyridine rings is 1. The summed E-state index contributed by atoms with van der Waals surface area (Å²) in [6, 6.07) is 20.9. The number of Topliss-reactive ketones (excluding diaryl/α,β-unsaturated/α-hetero) is 1. The Bertz CT molecular complexity index is 1570. The van der Waals surface area contributed by atoms with Gasteiger partial charge in [0, 0.05) is 12.7 Å². The zero-order valence-corrected chi connectivity index (χ0v) is 21.1. The number of ketones is 1. The van der Waals surface area contributed by atoms with Crippen LogP contribution in [0, 0.1) is 11.6 Å². The fourth-order valence-corrected chi connectivity index (χ4v) is 4.45. The van der Waals surface area contributed by atoms with E-state index < -0.39 is 22.9 Å².